The molecule has 6 aliphatic rings. The Morgan fingerprint density at radius 1 is 1.23 bits per heavy atom. The number of nitrogens with zero attached hydrogens (tertiary/aromatic N) is 3. The van der Waals surface area contributed by atoms with Crippen LogP contribution in [0.3, 0.4) is 0 Å². The Morgan fingerprint density at radius 2 is 2.09 bits per heavy atom. The van der Waals surface area contributed by atoms with Gasteiger partial charge < -0.3 is 5.32 Å². The van der Waals surface area contributed by atoms with E-state index in [9.17, 15) is 18.0 Å². The summed E-state index contributed by atoms with van der Waals surface area (Å²) in [6.07, 6.45) is 11.4. The van der Waals surface area contributed by atoms with Crippen molar-refractivity contribution in [1.29, 1.82) is 0 Å². The number of rotatable bonds is 5. The number of dihydropyridines is 1. The van der Waals surface area contributed by atoms with E-state index in [1.54, 1.807) is 0 Å². The van der Waals surface area contributed by atoms with Crippen LogP contribution in [0, 0.1) is 29.6 Å². The Morgan fingerprint density at radius 3 is 2.89 bits per heavy atom. The third-order valence-corrected chi connectivity index (χ3v) is 9.71. The number of alkyl halides is 3. The molecule has 1 N–H and O–H groups in total. The van der Waals surface area contributed by atoms with Gasteiger partial charge in [0.05, 0.1) is 12.1 Å². The molecule has 9 unspecified atom stereocenters. The highest BCUT2D eigenvalue weighted by molar-refractivity contribution is 5.84. The molecule has 0 bridgehead atoms. The number of fused-ring (bicyclic) bond motifs is 2. The van der Waals surface area contributed by atoms with Gasteiger partial charge in [0.15, 0.2) is 5.54 Å². The first-order valence-corrected chi connectivity index (χ1v) is 13.4. The number of halogens is 3. The van der Waals surface area contributed by atoms with Crippen LogP contribution in [0.15, 0.2) is 33.8 Å². The van der Waals surface area contributed by atoms with Crippen molar-refractivity contribution < 1.29 is 18.0 Å². The summed E-state index contributed by atoms with van der Waals surface area (Å²) >= 11 is 0. The van der Waals surface area contributed by atoms with E-state index in [0.29, 0.717) is 12.6 Å². The topological polar surface area (TPSA) is 57.1 Å². The van der Waals surface area contributed by atoms with Gasteiger partial charge in [0.25, 0.3) is 0 Å². The molecule has 1 saturated heterocycles. The van der Waals surface area contributed by atoms with Gasteiger partial charge in [-0.15, -0.1) is 0 Å². The number of hydrogen-bond acceptors (Lipinski definition) is 4. The van der Waals surface area contributed by atoms with Crippen LogP contribution >= 0.6 is 0 Å². The zero-order valence-corrected chi connectivity index (χ0v) is 20.3. The van der Waals surface area contributed by atoms with E-state index in [0.717, 1.165) is 50.6 Å². The van der Waals surface area contributed by atoms with Gasteiger partial charge in [-0.1, -0.05) is 25.0 Å². The average molecular weight is 489 g/mol. The van der Waals surface area contributed by atoms with Crippen LogP contribution in [0.4, 0.5) is 13.2 Å². The first-order valence-electron chi connectivity index (χ1n) is 13.4. The van der Waals surface area contributed by atoms with Crippen molar-refractivity contribution in [3.63, 3.8) is 0 Å². The van der Waals surface area contributed by atoms with Gasteiger partial charge in [-0.2, -0.15) is 13.2 Å². The number of carbonyl (C=O) groups excluding carboxylic acids is 1. The number of hydrogen-bond donors (Lipinski definition) is 1. The van der Waals surface area contributed by atoms with E-state index in [2.05, 4.69) is 39.3 Å². The minimum absolute atomic E-state index is 0.0428. The first kappa shape index (κ1) is 23.4. The Labute approximate surface area is 205 Å². The maximum Gasteiger partial charge on any atom is 0.413 e. The fraction of sp³-hybridized carbons (Fsp3) is 0.741. The Kier molecular flexibility index (Phi) is 5.73. The second-order valence-corrected chi connectivity index (χ2v) is 11.5. The third-order valence-electron chi connectivity index (χ3n) is 9.71. The molecule has 3 aliphatic heterocycles. The zero-order valence-electron chi connectivity index (χ0n) is 20.3. The fourth-order valence-corrected chi connectivity index (χ4v) is 7.69. The minimum Gasteiger partial charge on any atom is -0.354 e. The van der Waals surface area contributed by atoms with Gasteiger partial charge in [0.2, 0.25) is 5.91 Å². The maximum atomic E-state index is 13.9. The van der Waals surface area contributed by atoms with Gasteiger partial charge in [-0.3, -0.25) is 19.7 Å². The van der Waals surface area contributed by atoms with Crippen molar-refractivity contribution in [3.8, 4) is 0 Å². The third kappa shape index (κ3) is 3.82. The predicted octanol–water partition coefficient (Wildman–Crippen LogP) is 4.35. The minimum atomic E-state index is -4.31. The van der Waals surface area contributed by atoms with E-state index in [-0.39, 0.29) is 48.1 Å². The summed E-state index contributed by atoms with van der Waals surface area (Å²) in [5.41, 5.74) is -1.04. The molecule has 3 saturated carbocycles. The Balaban J connectivity index is 1.22. The largest absolute Gasteiger partial charge is 0.413 e. The molecule has 3 heterocycles. The van der Waals surface area contributed by atoms with Crippen molar-refractivity contribution in [3.05, 3.63) is 23.8 Å². The second kappa shape index (κ2) is 8.56. The van der Waals surface area contributed by atoms with Gasteiger partial charge in [-0.25, -0.2) is 0 Å². The predicted molar refractivity (Wildman–Crippen MR) is 130 cm³/mol. The van der Waals surface area contributed by atoms with Gasteiger partial charge >= 0.3 is 6.18 Å². The van der Waals surface area contributed by atoms with Crippen molar-refractivity contribution >= 4 is 18.3 Å². The van der Waals surface area contributed by atoms with Crippen LogP contribution in [0.2, 0.25) is 0 Å². The lowest BCUT2D eigenvalue weighted by atomic mass is 9.74. The maximum absolute atomic E-state index is 13.9. The molecule has 4 fully saturated rings. The van der Waals surface area contributed by atoms with Gasteiger partial charge in [0.1, 0.15) is 0 Å². The molecule has 0 spiro atoms. The molecule has 0 aromatic rings. The highest BCUT2D eigenvalue weighted by atomic mass is 19.4. The highest BCUT2D eigenvalue weighted by Gasteiger charge is 2.80. The monoisotopic (exact) mass is 488 g/mol. The van der Waals surface area contributed by atoms with Gasteiger partial charge in [0, 0.05) is 42.8 Å². The zero-order chi connectivity index (χ0) is 24.4. The number of likely N-dealkylation sites (tertiary alicyclic amines) is 1. The summed E-state index contributed by atoms with van der Waals surface area (Å²) in [6.45, 7) is 3.48. The first-order chi connectivity index (χ1) is 16.8. The lowest BCUT2D eigenvalue weighted by Gasteiger charge is -2.41. The SMILES string of the molecule is CC1CCCCN1C(CNC(=O)C1CCCC2N=CC=CC21)C1=CC2C3CC(C(F)(F)F)(N=C1)C23. The summed E-state index contributed by atoms with van der Waals surface area (Å²) < 4.78 is 41.8. The number of nitrogens with one attached hydrogen (secondary N) is 1. The number of allylic oxidation sites excluding steroid dienone is 2. The molecule has 8 heteroatoms. The molecule has 9 atom stereocenters. The van der Waals surface area contributed by atoms with Crippen LogP contribution in [-0.4, -0.2) is 66.2 Å². The van der Waals surface area contributed by atoms with Crippen LogP contribution in [0.1, 0.15) is 51.9 Å². The Hall–Kier alpha value is -1.96. The average Bonchev–Trinajstić information content (AvgIpc) is 3.43. The normalized spacial score (nSPS) is 42.7. The molecular formula is C27H35F3N4O. The van der Waals surface area contributed by atoms with E-state index >= 15 is 0 Å². The molecule has 0 radical (unpaired) electrons. The molecule has 35 heavy (non-hydrogen) atoms. The smallest absolute Gasteiger partial charge is 0.354 e. The quantitative estimate of drug-likeness (QED) is 0.626. The van der Waals surface area contributed by atoms with Crippen LogP contribution < -0.4 is 5.32 Å². The number of carbonyl (C=O) groups is 1. The van der Waals surface area contributed by atoms with Crippen LogP contribution in [0.5, 0.6) is 0 Å². The van der Waals surface area contributed by atoms with Crippen molar-refractivity contribution in [2.75, 3.05) is 13.1 Å². The summed E-state index contributed by atoms with van der Waals surface area (Å²) in [5.74, 6) is -0.268. The molecule has 6 rings (SSSR count). The summed E-state index contributed by atoms with van der Waals surface area (Å²) in [5, 5.41) is 3.22. The van der Waals surface area contributed by atoms with Crippen molar-refractivity contribution in [1.82, 2.24) is 10.2 Å². The molecule has 0 aromatic heterocycles. The fourth-order valence-electron chi connectivity index (χ4n) is 7.69. The Bertz CT molecular complexity index is 987. The van der Waals surface area contributed by atoms with E-state index in [1.807, 2.05) is 12.3 Å². The number of piperidine rings is 1. The lowest BCUT2D eigenvalue weighted by Crippen LogP contribution is -2.53. The highest BCUT2D eigenvalue weighted by Crippen LogP contribution is 2.73. The molecular weight excluding hydrogens is 453 g/mol. The molecule has 1 amide bonds. The molecule has 5 nitrogen and oxygen atoms in total. The summed E-state index contributed by atoms with van der Waals surface area (Å²) in [6, 6.07) is 0.344. The van der Waals surface area contributed by atoms with Crippen molar-refractivity contribution in [2.45, 2.75) is 81.7 Å². The van der Waals surface area contributed by atoms with Gasteiger partial charge in [-0.05, 0) is 69.1 Å². The van der Waals surface area contributed by atoms with Crippen LogP contribution in [-0.2, 0) is 4.79 Å². The number of aliphatic imine (C=N–C) groups is 2. The van der Waals surface area contributed by atoms with E-state index in [1.165, 1.54) is 6.21 Å². The van der Waals surface area contributed by atoms with E-state index < -0.39 is 17.6 Å². The lowest BCUT2D eigenvalue weighted by molar-refractivity contribution is -0.209. The molecule has 3 aliphatic carbocycles. The van der Waals surface area contributed by atoms with Crippen LogP contribution in [0.25, 0.3) is 0 Å². The molecule has 190 valence electrons. The second-order valence-electron chi connectivity index (χ2n) is 11.5. The standard InChI is InChI=1S/C27H35F3N4O/c1-16-6-2-3-11-34(16)23(15-32-25(35)19-7-4-9-22-18(19)8-5-10-31-22)17-12-20-21-13-26(24(20)21,33-14-17)27(28,29)30/h5,8,10,12,14,16,18-24H,2-4,6-7,9,11,13,15H2,1H3,(H,32,35). The summed E-state index contributed by atoms with van der Waals surface area (Å²) in [4.78, 5) is 24.6. The summed E-state index contributed by atoms with van der Waals surface area (Å²) in [7, 11) is 0. The number of amides is 1. The van der Waals surface area contributed by atoms with E-state index in [4.69, 9.17) is 0 Å². The molecule has 0 aromatic carbocycles. The van der Waals surface area contributed by atoms with Crippen molar-refractivity contribution in [2.24, 2.45) is 39.6 Å².